The summed E-state index contributed by atoms with van der Waals surface area (Å²) in [4.78, 5) is 10.9. The van der Waals surface area contributed by atoms with Crippen molar-refractivity contribution in [2.45, 2.75) is 11.2 Å². The Hall–Kier alpha value is -1.75. The zero-order chi connectivity index (χ0) is 14.3. The van der Waals surface area contributed by atoms with E-state index in [1.165, 1.54) is 12.1 Å². The van der Waals surface area contributed by atoms with E-state index in [0.717, 1.165) is 22.9 Å². The minimum Gasteiger partial charge on any atom is -0.326 e. The Bertz CT molecular complexity index is 702. The number of rotatable bonds is 2. The number of carbonyl (C=O) groups excluding carboxylic acids is 1. The topological polar surface area (TPSA) is 29.1 Å². The monoisotopic (exact) mass is 337 g/mol. The van der Waals surface area contributed by atoms with Gasteiger partial charge in [-0.15, -0.1) is 0 Å². The van der Waals surface area contributed by atoms with Crippen LogP contribution in [0, 0.1) is 11.6 Å². The molecule has 1 atom stereocenters. The van der Waals surface area contributed by atoms with E-state index in [1.54, 1.807) is 12.1 Å². The Kier molecular flexibility index (Phi) is 3.30. The van der Waals surface area contributed by atoms with E-state index in [-0.39, 0.29) is 11.5 Å². The number of benzene rings is 2. The number of fused-ring (bicyclic) bond motifs is 1. The minimum absolute atomic E-state index is 0.0554. The van der Waals surface area contributed by atoms with Crippen molar-refractivity contribution in [2.24, 2.45) is 0 Å². The first-order valence-electron chi connectivity index (χ1n) is 6.07. The number of alkyl halides is 1. The standard InChI is InChI=1S/C15H10BrF2NO/c16-14(10-2-1-3-11(17)15(10)18)8-4-5-12-9(6-8)7-13(20)19-12/h1-6,14H,7H2,(H,19,20). The van der Waals surface area contributed by atoms with Crippen molar-refractivity contribution in [1.82, 2.24) is 0 Å². The molecule has 5 heteroatoms. The minimum atomic E-state index is -0.870. The van der Waals surface area contributed by atoms with Crippen LogP contribution in [0.5, 0.6) is 0 Å². The van der Waals surface area contributed by atoms with Gasteiger partial charge in [0.25, 0.3) is 0 Å². The van der Waals surface area contributed by atoms with E-state index in [0.29, 0.717) is 6.42 Å². The van der Waals surface area contributed by atoms with Crippen LogP contribution in [0.4, 0.5) is 14.5 Å². The van der Waals surface area contributed by atoms with E-state index in [4.69, 9.17) is 0 Å². The van der Waals surface area contributed by atoms with Crippen LogP contribution >= 0.6 is 15.9 Å². The van der Waals surface area contributed by atoms with Crippen LogP contribution in [0.1, 0.15) is 21.5 Å². The Morgan fingerprint density at radius 1 is 1.20 bits per heavy atom. The predicted molar refractivity (Wildman–Crippen MR) is 75.9 cm³/mol. The first-order chi connectivity index (χ1) is 9.56. The fourth-order valence-corrected chi connectivity index (χ4v) is 2.94. The van der Waals surface area contributed by atoms with Gasteiger partial charge < -0.3 is 5.32 Å². The lowest BCUT2D eigenvalue weighted by Crippen LogP contribution is -2.03. The molecule has 102 valence electrons. The summed E-state index contributed by atoms with van der Waals surface area (Å²) >= 11 is 3.39. The van der Waals surface area contributed by atoms with Gasteiger partial charge in [0, 0.05) is 11.3 Å². The molecule has 0 aromatic heterocycles. The van der Waals surface area contributed by atoms with Gasteiger partial charge in [-0.1, -0.05) is 40.2 Å². The van der Waals surface area contributed by atoms with Crippen LogP contribution in [0.3, 0.4) is 0 Å². The quantitative estimate of drug-likeness (QED) is 0.826. The van der Waals surface area contributed by atoms with Gasteiger partial charge in [0.2, 0.25) is 5.91 Å². The Balaban J connectivity index is 1.99. The Morgan fingerprint density at radius 2 is 2.00 bits per heavy atom. The molecule has 1 N–H and O–H groups in total. The molecule has 2 aromatic carbocycles. The highest BCUT2D eigenvalue weighted by atomic mass is 79.9. The zero-order valence-corrected chi connectivity index (χ0v) is 11.9. The van der Waals surface area contributed by atoms with Gasteiger partial charge in [0.1, 0.15) is 0 Å². The summed E-state index contributed by atoms with van der Waals surface area (Å²) in [5.74, 6) is -1.78. The fourth-order valence-electron chi connectivity index (χ4n) is 2.30. The van der Waals surface area contributed by atoms with E-state index >= 15 is 0 Å². The molecule has 0 bridgehead atoms. The summed E-state index contributed by atoms with van der Waals surface area (Å²) in [7, 11) is 0. The highest BCUT2D eigenvalue weighted by Crippen LogP contribution is 2.35. The van der Waals surface area contributed by atoms with Crippen LogP contribution in [-0.2, 0) is 11.2 Å². The van der Waals surface area contributed by atoms with Gasteiger partial charge in [0.05, 0.1) is 11.2 Å². The number of anilines is 1. The highest BCUT2D eigenvalue weighted by molar-refractivity contribution is 9.09. The predicted octanol–water partition coefficient (Wildman–Crippen LogP) is 3.94. The molecule has 0 aliphatic carbocycles. The molecule has 0 saturated heterocycles. The van der Waals surface area contributed by atoms with Crippen molar-refractivity contribution in [3.05, 3.63) is 64.7 Å². The van der Waals surface area contributed by atoms with Gasteiger partial charge >= 0.3 is 0 Å². The maximum Gasteiger partial charge on any atom is 0.228 e. The summed E-state index contributed by atoms with van der Waals surface area (Å²) in [5, 5.41) is 2.74. The smallest absolute Gasteiger partial charge is 0.228 e. The highest BCUT2D eigenvalue weighted by Gasteiger charge is 2.22. The second-order valence-corrected chi connectivity index (χ2v) is 5.56. The molecule has 1 aliphatic heterocycles. The number of hydrogen-bond donors (Lipinski definition) is 1. The molecular formula is C15H10BrF2NO. The molecule has 0 spiro atoms. The molecule has 2 nitrogen and oxygen atoms in total. The van der Waals surface area contributed by atoms with Crippen LogP contribution in [0.15, 0.2) is 36.4 Å². The molecule has 1 amide bonds. The fraction of sp³-hybridized carbons (Fsp3) is 0.133. The van der Waals surface area contributed by atoms with Crippen LogP contribution in [0.2, 0.25) is 0 Å². The van der Waals surface area contributed by atoms with Crippen LogP contribution in [-0.4, -0.2) is 5.91 Å². The van der Waals surface area contributed by atoms with Crippen molar-refractivity contribution in [2.75, 3.05) is 5.32 Å². The summed E-state index contributed by atoms with van der Waals surface area (Å²) in [6, 6.07) is 9.49. The first kappa shape index (κ1) is 13.2. The van der Waals surface area contributed by atoms with Gasteiger partial charge in [-0.05, 0) is 23.3 Å². The Labute approximate surface area is 122 Å². The SMILES string of the molecule is O=C1Cc2cc(C(Br)c3cccc(F)c3F)ccc2N1. The third-order valence-electron chi connectivity index (χ3n) is 3.30. The van der Waals surface area contributed by atoms with E-state index in [9.17, 15) is 13.6 Å². The number of amides is 1. The molecule has 1 unspecified atom stereocenters. The van der Waals surface area contributed by atoms with Gasteiger partial charge in [0.15, 0.2) is 11.6 Å². The summed E-state index contributed by atoms with van der Waals surface area (Å²) < 4.78 is 27.1. The van der Waals surface area contributed by atoms with Crippen molar-refractivity contribution in [3.63, 3.8) is 0 Å². The van der Waals surface area contributed by atoms with Crippen molar-refractivity contribution in [1.29, 1.82) is 0 Å². The number of nitrogens with one attached hydrogen (secondary N) is 1. The van der Waals surface area contributed by atoms with E-state index in [1.807, 2.05) is 6.07 Å². The molecule has 2 aromatic rings. The molecule has 1 heterocycles. The number of halogens is 3. The average Bonchev–Trinajstić information content (AvgIpc) is 2.80. The summed E-state index contributed by atoms with van der Waals surface area (Å²) in [6.07, 6.45) is 0.314. The maximum absolute atomic E-state index is 13.8. The lowest BCUT2D eigenvalue weighted by Gasteiger charge is -2.13. The second kappa shape index (κ2) is 4.98. The van der Waals surface area contributed by atoms with Crippen LogP contribution in [0.25, 0.3) is 0 Å². The van der Waals surface area contributed by atoms with Gasteiger partial charge in [-0.3, -0.25) is 4.79 Å². The van der Waals surface area contributed by atoms with Crippen molar-refractivity contribution < 1.29 is 13.6 Å². The maximum atomic E-state index is 13.8. The zero-order valence-electron chi connectivity index (χ0n) is 10.3. The molecule has 3 rings (SSSR count). The lowest BCUT2D eigenvalue weighted by molar-refractivity contribution is -0.115. The molecule has 20 heavy (non-hydrogen) atoms. The first-order valence-corrected chi connectivity index (χ1v) is 6.98. The molecule has 0 saturated carbocycles. The molecule has 0 radical (unpaired) electrons. The molecular weight excluding hydrogens is 328 g/mol. The normalized spacial score (nSPS) is 14.8. The lowest BCUT2D eigenvalue weighted by atomic mass is 10.0. The van der Waals surface area contributed by atoms with Crippen LogP contribution < -0.4 is 5.32 Å². The third-order valence-corrected chi connectivity index (χ3v) is 4.32. The van der Waals surface area contributed by atoms with Crippen molar-refractivity contribution in [3.8, 4) is 0 Å². The Morgan fingerprint density at radius 3 is 2.80 bits per heavy atom. The molecule has 1 aliphatic rings. The van der Waals surface area contributed by atoms with E-state index in [2.05, 4.69) is 21.2 Å². The average molecular weight is 338 g/mol. The number of hydrogen-bond acceptors (Lipinski definition) is 1. The van der Waals surface area contributed by atoms with E-state index < -0.39 is 16.5 Å². The third kappa shape index (κ3) is 2.22. The largest absolute Gasteiger partial charge is 0.326 e. The molecule has 0 fully saturated rings. The second-order valence-electron chi connectivity index (χ2n) is 4.65. The van der Waals surface area contributed by atoms with Gasteiger partial charge in [-0.25, -0.2) is 8.78 Å². The summed E-state index contributed by atoms with van der Waals surface area (Å²) in [6.45, 7) is 0. The number of carbonyl (C=O) groups is 1. The van der Waals surface area contributed by atoms with Crippen molar-refractivity contribution >= 4 is 27.5 Å². The van der Waals surface area contributed by atoms with Gasteiger partial charge in [-0.2, -0.15) is 0 Å². The summed E-state index contributed by atoms with van der Waals surface area (Å²) in [5.41, 5.74) is 2.67.